The van der Waals surface area contributed by atoms with E-state index in [1.807, 2.05) is 6.07 Å². The van der Waals surface area contributed by atoms with Crippen LogP contribution in [0.25, 0.3) is 11.1 Å². The van der Waals surface area contributed by atoms with Gasteiger partial charge in [0, 0.05) is 24.2 Å². The van der Waals surface area contributed by atoms with Gasteiger partial charge in [-0.15, -0.1) is 0 Å². The van der Waals surface area contributed by atoms with E-state index in [1.54, 1.807) is 24.3 Å². The van der Waals surface area contributed by atoms with E-state index in [1.165, 1.54) is 12.3 Å². The first-order valence-corrected chi connectivity index (χ1v) is 10.1. The summed E-state index contributed by atoms with van der Waals surface area (Å²) in [5.74, 6) is 0.167. The van der Waals surface area contributed by atoms with Crippen LogP contribution in [0.2, 0.25) is 0 Å². The number of nitriles is 2. The third-order valence-electron chi connectivity index (χ3n) is 6.23. The molecule has 5 atom stereocenters. The Morgan fingerprint density at radius 1 is 1.30 bits per heavy atom. The van der Waals surface area contributed by atoms with E-state index in [9.17, 15) is 14.4 Å². The van der Waals surface area contributed by atoms with Crippen LogP contribution in [0, 0.1) is 40.3 Å². The number of halogens is 1. The predicted molar refractivity (Wildman–Crippen MR) is 108 cm³/mol. The fraction of sp³-hybridized carbons (Fsp3) is 0.391. The molecule has 6 nitrogen and oxygen atoms in total. The highest BCUT2D eigenvalue weighted by Crippen LogP contribution is 2.40. The number of amides is 1. The Morgan fingerprint density at radius 3 is 2.70 bits per heavy atom. The van der Waals surface area contributed by atoms with E-state index in [-0.39, 0.29) is 18.4 Å². The van der Waals surface area contributed by atoms with Crippen molar-refractivity contribution >= 4 is 5.91 Å². The highest BCUT2D eigenvalue weighted by Gasteiger charge is 2.47. The molecule has 2 bridgehead atoms. The summed E-state index contributed by atoms with van der Waals surface area (Å²) < 4.78 is 14.7. The number of carbonyl (C=O) groups is 1. The van der Waals surface area contributed by atoms with Crippen molar-refractivity contribution in [3.8, 4) is 23.3 Å². The van der Waals surface area contributed by atoms with E-state index < -0.39 is 11.9 Å². The zero-order chi connectivity index (χ0) is 21.3. The molecule has 4 unspecified atom stereocenters. The van der Waals surface area contributed by atoms with Gasteiger partial charge in [-0.25, -0.2) is 9.37 Å². The minimum atomic E-state index is -0.800. The first-order chi connectivity index (χ1) is 14.5. The Balaban J connectivity index is 1.43. The molecule has 1 aromatic heterocycles. The standard InChI is InChI=1S/C23H22FN5O/c1-13-6-18-9-20(13)22(28-18)23(30)29-19(11-26)7-15-3-2-14(8-21(15)24)16-4-5-17(10-25)27-12-16/h2-5,8,12-13,18-20,22,28H,6-7,9H2,1H3,(H,29,30)/t13?,18?,19-,20?,22?/m0/s1. The lowest BCUT2D eigenvalue weighted by Gasteiger charge is -2.28. The maximum atomic E-state index is 14.7. The molecule has 2 N–H and O–H groups in total. The van der Waals surface area contributed by atoms with Crippen molar-refractivity contribution in [3.05, 3.63) is 53.6 Å². The molecule has 1 aliphatic heterocycles. The quantitative estimate of drug-likeness (QED) is 0.799. The number of nitrogens with zero attached hydrogens (tertiary/aromatic N) is 3. The molecule has 1 aromatic carbocycles. The van der Waals surface area contributed by atoms with Crippen LogP contribution in [0.1, 0.15) is 31.0 Å². The van der Waals surface area contributed by atoms with E-state index in [0.717, 1.165) is 12.8 Å². The molecule has 1 amide bonds. The SMILES string of the molecule is CC1CC2CC1C(C(=O)N[C@H](C#N)Cc1ccc(-c3ccc(C#N)nc3)cc1F)N2. The molecule has 1 aliphatic carbocycles. The van der Waals surface area contributed by atoms with Crippen LogP contribution in [-0.4, -0.2) is 29.0 Å². The van der Waals surface area contributed by atoms with Crippen molar-refractivity contribution < 1.29 is 9.18 Å². The Labute approximate surface area is 174 Å². The number of rotatable bonds is 5. The van der Waals surface area contributed by atoms with Crippen LogP contribution >= 0.6 is 0 Å². The number of carbonyl (C=O) groups excluding carboxylic acids is 1. The van der Waals surface area contributed by atoms with Gasteiger partial charge in [-0.05, 0) is 54.0 Å². The van der Waals surface area contributed by atoms with E-state index in [4.69, 9.17) is 5.26 Å². The first-order valence-electron chi connectivity index (χ1n) is 10.1. The number of pyridine rings is 1. The molecule has 4 rings (SSSR count). The number of hydrogen-bond donors (Lipinski definition) is 2. The average Bonchev–Trinajstić information content (AvgIpc) is 3.34. The van der Waals surface area contributed by atoms with Crippen molar-refractivity contribution in [3.63, 3.8) is 0 Å². The molecule has 152 valence electrons. The van der Waals surface area contributed by atoms with Gasteiger partial charge in [0.25, 0.3) is 0 Å². The van der Waals surface area contributed by atoms with E-state index in [0.29, 0.717) is 40.3 Å². The minimum Gasteiger partial charge on any atom is -0.339 e. The molecule has 1 saturated heterocycles. The van der Waals surface area contributed by atoms with Gasteiger partial charge >= 0.3 is 0 Å². The fourth-order valence-electron chi connectivity index (χ4n) is 4.66. The van der Waals surface area contributed by atoms with Gasteiger partial charge < -0.3 is 10.6 Å². The summed E-state index contributed by atoms with van der Waals surface area (Å²) in [6.07, 6.45) is 3.70. The number of hydrogen-bond acceptors (Lipinski definition) is 5. The van der Waals surface area contributed by atoms with Crippen molar-refractivity contribution in [2.45, 2.75) is 44.3 Å². The van der Waals surface area contributed by atoms with E-state index in [2.05, 4.69) is 28.6 Å². The molecular formula is C23H22FN5O. The Hall–Kier alpha value is -3.29. The monoisotopic (exact) mass is 403 g/mol. The minimum absolute atomic E-state index is 0.0936. The summed E-state index contributed by atoms with van der Waals surface area (Å²) in [5, 5.41) is 24.4. The average molecular weight is 403 g/mol. The van der Waals surface area contributed by atoms with Crippen molar-refractivity contribution in [1.29, 1.82) is 10.5 Å². The second-order valence-electron chi connectivity index (χ2n) is 8.20. The van der Waals surface area contributed by atoms with Gasteiger partial charge in [0.2, 0.25) is 5.91 Å². The number of benzene rings is 1. The molecule has 30 heavy (non-hydrogen) atoms. The zero-order valence-electron chi connectivity index (χ0n) is 16.6. The molecule has 2 heterocycles. The molecule has 0 spiro atoms. The van der Waals surface area contributed by atoms with Gasteiger partial charge in [-0.1, -0.05) is 19.1 Å². The summed E-state index contributed by atoms with van der Waals surface area (Å²) in [6, 6.07) is 11.4. The van der Waals surface area contributed by atoms with Crippen molar-refractivity contribution in [1.82, 2.24) is 15.6 Å². The lowest BCUT2D eigenvalue weighted by molar-refractivity contribution is -0.124. The van der Waals surface area contributed by atoms with E-state index >= 15 is 0 Å². The van der Waals surface area contributed by atoms with Gasteiger partial charge in [-0.3, -0.25) is 4.79 Å². The second kappa shape index (κ2) is 8.22. The van der Waals surface area contributed by atoms with Gasteiger partial charge in [-0.2, -0.15) is 10.5 Å². The molecule has 2 aliphatic rings. The Bertz CT molecular complexity index is 1040. The Morgan fingerprint density at radius 2 is 2.10 bits per heavy atom. The summed E-state index contributed by atoms with van der Waals surface area (Å²) in [6.45, 7) is 2.16. The van der Waals surface area contributed by atoms with Crippen molar-refractivity contribution in [2.75, 3.05) is 0 Å². The third kappa shape index (κ3) is 3.90. The van der Waals surface area contributed by atoms with Crippen LogP contribution in [0.5, 0.6) is 0 Å². The Kier molecular flexibility index (Phi) is 5.48. The van der Waals surface area contributed by atoms with Crippen molar-refractivity contribution in [2.24, 2.45) is 11.8 Å². The van der Waals surface area contributed by atoms with Gasteiger partial charge in [0.1, 0.15) is 23.6 Å². The second-order valence-corrected chi connectivity index (χ2v) is 8.20. The predicted octanol–water partition coefficient (Wildman–Crippen LogP) is 2.70. The molecule has 0 radical (unpaired) electrons. The third-order valence-corrected chi connectivity index (χ3v) is 6.23. The maximum Gasteiger partial charge on any atom is 0.238 e. The summed E-state index contributed by atoms with van der Waals surface area (Å²) in [4.78, 5) is 16.7. The molecule has 7 heteroatoms. The molecule has 2 aromatic rings. The largest absolute Gasteiger partial charge is 0.339 e. The lowest BCUT2D eigenvalue weighted by atomic mass is 9.89. The normalized spacial score (nSPS) is 25.3. The molecular weight excluding hydrogens is 381 g/mol. The highest BCUT2D eigenvalue weighted by atomic mass is 19.1. The van der Waals surface area contributed by atoms with Crippen LogP contribution in [0.15, 0.2) is 36.5 Å². The topological polar surface area (TPSA) is 102 Å². The smallest absolute Gasteiger partial charge is 0.238 e. The molecule has 2 fully saturated rings. The number of nitrogens with one attached hydrogen (secondary N) is 2. The zero-order valence-corrected chi connectivity index (χ0v) is 16.6. The van der Waals surface area contributed by atoms with Gasteiger partial charge in [0.05, 0.1) is 12.1 Å². The van der Waals surface area contributed by atoms with Crippen LogP contribution in [0.3, 0.4) is 0 Å². The lowest BCUT2D eigenvalue weighted by Crippen LogP contribution is -2.52. The summed E-state index contributed by atoms with van der Waals surface area (Å²) in [5.41, 5.74) is 1.98. The number of fused-ring (bicyclic) bond motifs is 2. The number of aromatic nitrogens is 1. The van der Waals surface area contributed by atoms with Crippen LogP contribution in [0.4, 0.5) is 4.39 Å². The number of piperidine rings is 1. The first kappa shape index (κ1) is 20.0. The fourth-order valence-corrected chi connectivity index (χ4v) is 4.66. The highest BCUT2D eigenvalue weighted by molar-refractivity contribution is 5.83. The summed E-state index contributed by atoms with van der Waals surface area (Å²) >= 11 is 0. The van der Waals surface area contributed by atoms with Crippen LogP contribution < -0.4 is 10.6 Å². The van der Waals surface area contributed by atoms with Gasteiger partial charge in [0.15, 0.2) is 0 Å². The molecule has 1 saturated carbocycles. The summed E-state index contributed by atoms with van der Waals surface area (Å²) in [7, 11) is 0. The maximum absolute atomic E-state index is 14.7. The van der Waals surface area contributed by atoms with Crippen LogP contribution in [-0.2, 0) is 11.2 Å².